The molecule has 1 atom stereocenters. The zero-order valence-electron chi connectivity index (χ0n) is 12.0. The van der Waals surface area contributed by atoms with Crippen LogP contribution in [0.4, 0.5) is 5.82 Å². The summed E-state index contributed by atoms with van der Waals surface area (Å²) in [4.78, 5) is 18.2. The fourth-order valence-corrected chi connectivity index (χ4v) is 3.35. The van der Waals surface area contributed by atoms with Crippen LogP contribution < -0.4 is 4.90 Å². The summed E-state index contributed by atoms with van der Waals surface area (Å²) in [6.07, 6.45) is 3.97. The SMILES string of the molecule is Clc1nc(N2CCCC(c3ccccc3)C2)c2[nH]cnc2n1. The number of hydrogen-bond acceptors (Lipinski definition) is 4. The van der Waals surface area contributed by atoms with Gasteiger partial charge in [0.25, 0.3) is 0 Å². The topological polar surface area (TPSA) is 57.7 Å². The zero-order valence-corrected chi connectivity index (χ0v) is 12.8. The van der Waals surface area contributed by atoms with Gasteiger partial charge in [-0.2, -0.15) is 9.97 Å². The number of H-pyrrole nitrogens is 1. The van der Waals surface area contributed by atoms with Gasteiger partial charge in [0.1, 0.15) is 5.52 Å². The minimum absolute atomic E-state index is 0.247. The molecular formula is C16H16ClN5. The Labute approximate surface area is 133 Å². The quantitative estimate of drug-likeness (QED) is 0.737. The number of nitrogens with zero attached hydrogens (tertiary/aromatic N) is 4. The van der Waals surface area contributed by atoms with E-state index in [-0.39, 0.29) is 5.28 Å². The number of benzene rings is 1. The Hall–Kier alpha value is -2.14. The first-order valence-electron chi connectivity index (χ1n) is 7.48. The van der Waals surface area contributed by atoms with E-state index in [1.165, 1.54) is 12.0 Å². The Morgan fingerprint density at radius 2 is 2.05 bits per heavy atom. The van der Waals surface area contributed by atoms with E-state index in [2.05, 4.69) is 55.2 Å². The summed E-state index contributed by atoms with van der Waals surface area (Å²) in [6.45, 7) is 1.91. The molecule has 3 aromatic rings. The molecule has 0 saturated carbocycles. The second-order valence-electron chi connectivity index (χ2n) is 5.61. The van der Waals surface area contributed by atoms with Crippen molar-refractivity contribution in [1.82, 2.24) is 19.9 Å². The number of aromatic amines is 1. The largest absolute Gasteiger partial charge is 0.354 e. The van der Waals surface area contributed by atoms with Crippen molar-refractivity contribution in [1.29, 1.82) is 0 Å². The molecule has 4 rings (SSSR count). The van der Waals surface area contributed by atoms with Crippen LogP contribution in [-0.4, -0.2) is 33.0 Å². The molecule has 0 radical (unpaired) electrons. The van der Waals surface area contributed by atoms with Gasteiger partial charge in [-0.25, -0.2) is 4.98 Å². The van der Waals surface area contributed by atoms with E-state index in [1.807, 2.05) is 0 Å². The van der Waals surface area contributed by atoms with Crippen molar-refractivity contribution in [3.05, 3.63) is 47.5 Å². The van der Waals surface area contributed by atoms with Gasteiger partial charge in [-0.1, -0.05) is 30.3 Å². The van der Waals surface area contributed by atoms with Crippen LogP contribution in [0.3, 0.4) is 0 Å². The molecule has 0 amide bonds. The number of halogens is 1. The smallest absolute Gasteiger partial charge is 0.226 e. The summed E-state index contributed by atoms with van der Waals surface area (Å²) in [5, 5.41) is 0.247. The van der Waals surface area contributed by atoms with Crippen LogP contribution in [0.1, 0.15) is 24.3 Å². The summed E-state index contributed by atoms with van der Waals surface area (Å²) < 4.78 is 0. The molecule has 0 aliphatic carbocycles. The van der Waals surface area contributed by atoms with Crippen molar-refractivity contribution >= 4 is 28.6 Å². The van der Waals surface area contributed by atoms with Crippen LogP contribution >= 0.6 is 11.6 Å². The number of rotatable bonds is 2. The monoisotopic (exact) mass is 313 g/mol. The van der Waals surface area contributed by atoms with Crippen LogP contribution in [0.15, 0.2) is 36.7 Å². The third-order valence-electron chi connectivity index (χ3n) is 4.23. The average Bonchev–Trinajstić information content (AvgIpc) is 3.03. The molecule has 3 heterocycles. The molecular weight excluding hydrogens is 298 g/mol. The highest BCUT2D eigenvalue weighted by atomic mass is 35.5. The van der Waals surface area contributed by atoms with Gasteiger partial charge in [0.05, 0.1) is 6.33 Å². The van der Waals surface area contributed by atoms with Crippen molar-refractivity contribution in [2.45, 2.75) is 18.8 Å². The molecule has 112 valence electrons. The van der Waals surface area contributed by atoms with Crippen LogP contribution in [0.2, 0.25) is 5.28 Å². The third-order valence-corrected chi connectivity index (χ3v) is 4.40. The Kier molecular flexibility index (Phi) is 3.42. The summed E-state index contributed by atoms with van der Waals surface area (Å²) in [7, 11) is 0. The summed E-state index contributed by atoms with van der Waals surface area (Å²) in [5.74, 6) is 1.37. The first-order chi connectivity index (χ1) is 10.8. The van der Waals surface area contributed by atoms with Gasteiger partial charge in [-0.05, 0) is 30.0 Å². The first-order valence-corrected chi connectivity index (χ1v) is 7.85. The normalized spacial score (nSPS) is 18.8. The van der Waals surface area contributed by atoms with Crippen molar-refractivity contribution < 1.29 is 0 Å². The van der Waals surface area contributed by atoms with Crippen molar-refractivity contribution in [3.63, 3.8) is 0 Å². The van der Waals surface area contributed by atoms with E-state index in [0.717, 1.165) is 30.8 Å². The van der Waals surface area contributed by atoms with Crippen molar-refractivity contribution in [2.24, 2.45) is 0 Å². The van der Waals surface area contributed by atoms with Crippen molar-refractivity contribution in [3.8, 4) is 0 Å². The summed E-state index contributed by atoms with van der Waals surface area (Å²) >= 11 is 6.05. The lowest BCUT2D eigenvalue weighted by Gasteiger charge is -2.34. The van der Waals surface area contributed by atoms with E-state index in [1.54, 1.807) is 6.33 Å². The van der Waals surface area contributed by atoms with Crippen LogP contribution in [0, 0.1) is 0 Å². The summed E-state index contributed by atoms with van der Waals surface area (Å²) in [5.41, 5.74) is 2.86. The molecule has 22 heavy (non-hydrogen) atoms. The second kappa shape index (κ2) is 5.57. The maximum atomic E-state index is 6.05. The fraction of sp³-hybridized carbons (Fsp3) is 0.312. The van der Waals surface area contributed by atoms with Crippen LogP contribution in [0.25, 0.3) is 11.2 Å². The number of anilines is 1. The van der Waals surface area contributed by atoms with Crippen molar-refractivity contribution in [2.75, 3.05) is 18.0 Å². The van der Waals surface area contributed by atoms with E-state index < -0.39 is 0 Å². The predicted molar refractivity (Wildman–Crippen MR) is 87.3 cm³/mol. The lowest BCUT2D eigenvalue weighted by atomic mass is 9.91. The average molecular weight is 314 g/mol. The number of piperidine rings is 1. The lowest BCUT2D eigenvalue weighted by molar-refractivity contribution is 0.508. The minimum atomic E-state index is 0.247. The predicted octanol–water partition coefficient (Wildman–Crippen LogP) is 3.39. The molecule has 1 aromatic carbocycles. The highest BCUT2D eigenvalue weighted by molar-refractivity contribution is 6.28. The highest BCUT2D eigenvalue weighted by Crippen LogP contribution is 2.31. The molecule has 1 aliphatic rings. The number of aromatic nitrogens is 4. The molecule has 0 spiro atoms. The lowest BCUT2D eigenvalue weighted by Crippen LogP contribution is -2.35. The maximum absolute atomic E-state index is 6.05. The van der Waals surface area contributed by atoms with Gasteiger partial charge >= 0.3 is 0 Å². The molecule has 1 aliphatic heterocycles. The molecule has 0 bridgehead atoms. The Balaban J connectivity index is 1.68. The molecule has 2 aromatic heterocycles. The van der Waals surface area contributed by atoms with Crippen LogP contribution in [0.5, 0.6) is 0 Å². The maximum Gasteiger partial charge on any atom is 0.226 e. The van der Waals surface area contributed by atoms with E-state index in [9.17, 15) is 0 Å². The summed E-state index contributed by atoms with van der Waals surface area (Å²) in [6, 6.07) is 10.7. The van der Waals surface area contributed by atoms with E-state index in [0.29, 0.717) is 11.6 Å². The third kappa shape index (κ3) is 2.41. The van der Waals surface area contributed by atoms with Gasteiger partial charge in [0.15, 0.2) is 11.5 Å². The number of hydrogen-bond donors (Lipinski definition) is 1. The van der Waals surface area contributed by atoms with Gasteiger partial charge in [-0.15, -0.1) is 0 Å². The number of imidazole rings is 1. The standard InChI is InChI=1S/C16H16ClN5/c17-16-20-14-13(18-10-19-14)15(21-16)22-8-4-7-12(9-22)11-5-2-1-3-6-11/h1-3,5-6,10,12H,4,7-9H2,(H,18,19,20,21). The van der Waals surface area contributed by atoms with Gasteiger partial charge in [-0.3, -0.25) is 0 Å². The zero-order chi connectivity index (χ0) is 14.9. The molecule has 1 N–H and O–H groups in total. The number of nitrogens with one attached hydrogen (secondary N) is 1. The fourth-order valence-electron chi connectivity index (χ4n) is 3.19. The van der Waals surface area contributed by atoms with Gasteiger partial charge in [0, 0.05) is 19.0 Å². The Morgan fingerprint density at radius 1 is 1.18 bits per heavy atom. The molecule has 1 unspecified atom stereocenters. The molecule has 1 fully saturated rings. The van der Waals surface area contributed by atoms with E-state index in [4.69, 9.17) is 11.6 Å². The molecule has 5 nitrogen and oxygen atoms in total. The number of fused-ring (bicyclic) bond motifs is 1. The van der Waals surface area contributed by atoms with Crippen LogP contribution in [-0.2, 0) is 0 Å². The first kappa shape index (κ1) is 13.5. The molecule has 6 heteroatoms. The van der Waals surface area contributed by atoms with E-state index >= 15 is 0 Å². The Morgan fingerprint density at radius 3 is 2.91 bits per heavy atom. The van der Waals surface area contributed by atoms with Gasteiger partial charge in [0.2, 0.25) is 5.28 Å². The second-order valence-corrected chi connectivity index (χ2v) is 5.95. The van der Waals surface area contributed by atoms with Gasteiger partial charge < -0.3 is 9.88 Å². The Bertz CT molecular complexity index is 786. The highest BCUT2D eigenvalue weighted by Gasteiger charge is 2.24. The molecule has 1 saturated heterocycles. The minimum Gasteiger partial charge on any atom is -0.354 e.